The first-order valence-corrected chi connectivity index (χ1v) is 8.13. The summed E-state index contributed by atoms with van der Waals surface area (Å²) in [6, 6.07) is 17.1. The van der Waals surface area contributed by atoms with Gasteiger partial charge >= 0.3 is 0 Å². The molecule has 2 N–H and O–H groups in total. The molecule has 0 bridgehead atoms. The van der Waals surface area contributed by atoms with E-state index in [-0.39, 0.29) is 24.2 Å². The summed E-state index contributed by atoms with van der Waals surface area (Å²) in [6.45, 7) is 1.99. The Morgan fingerprint density at radius 1 is 1.16 bits per heavy atom. The molecule has 1 unspecified atom stereocenters. The van der Waals surface area contributed by atoms with Crippen LogP contribution in [0.5, 0.6) is 0 Å². The van der Waals surface area contributed by atoms with Gasteiger partial charge in [-0.15, -0.1) is 5.10 Å². The minimum Gasteiger partial charge on any atom is -0.396 e. The van der Waals surface area contributed by atoms with Crippen LogP contribution in [-0.2, 0) is 0 Å². The van der Waals surface area contributed by atoms with E-state index in [1.54, 1.807) is 10.9 Å². The van der Waals surface area contributed by atoms with Crippen LogP contribution in [0.15, 0.2) is 60.8 Å². The van der Waals surface area contributed by atoms with Crippen molar-refractivity contribution in [2.75, 3.05) is 6.61 Å². The number of aromatic nitrogens is 3. The second-order valence-electron chi connectivity index (χ2n) is 5.83. The molecule has 2 aromatic carbocycles. The van der Waals surface area contributed by atoms with Gasteiger partial charge in [-0.25, -0.2) is 4.68 Å². The van der Waals surface area contributed by atoms with Crippen LogP contribution in [-0.4, -0.2) is 32.6 Å². The third kappa shape index (κ3) is 4.10. The maximum absolute atomic E-state index is 12.5. The molecule has 1 aromatic heterocycles. The molecule has 6 heteroatoms. The maximum atomic E-state index is 12.5. The summed E-state index contributed by atoms with van der Waals surface area (Å²) >= 11 is 0. The van der Waals surface area contributed by atoms with Crippen LogP contribution in [0.3, 0.4) is 0 Å². The third-order valence-corrected chi connectivity index (χ3v) is 3.95. The van der Waals surface area contributed by atoms with E-state index in [1.807, 2.05) is 61.5 Å². The Morgan fingerprint density at radius 2 is 1.88 bits per heavy atom. The molecule has 3 aromatic rings. The smallest absolute Gasteiger partial charge is 0.273 e. The highest BCUT2D eigenvalue weighted by Gasteiger charge is 2.18. The lowest BCUT2D eigenvalue weighted by atomic mass is 10.0. The number of aliphatic hydroxyl groups is 1. The summed E-state index contributed by atoms with van der Waals surface area (Å²) in [6.07, 6.45) is 2.03. The van der Waals surface area contributed by atoms with Gasteiger partial charge in [0.2, 0.25) is 0 Å². The Morgan fingerprint density at radius 3 is 2.56 bits per heavy atom. The highest BCUT2D eigenvalue weighted by atomic mass is 16.3. The summed E-state index contributed by atoms with van der Waals surface area (Å²) in [4.78, 5) is 12.5. The van der Waals surface area contributed by atoms with E-state index in [0.29, 0.717) is 6.42 Å². The average molecular weight is 336 g/mol. The van der Waals surface area contributed by atoms with Crippen LogP contribution in [0.25, 0.3) is 5.69 Å². The van der Waals surface area contributed by atoms with E-state index in [1.165, 1.54) is 0 Å². The van der Waals surface area contributed by atoms with Gasteiger partial charge in [-0.3, -0.25) is 4.79 Å². The molecule has 25 heavy (non-hydrogen) atoms. The summed E-state index contributed by atoms with van der Waals surface area (Å²) in [7, 11) is 0. The Labute approximate surface area is 146 Å². The Hall–Kier alpha value is -2.99. The van der Waals surface area contributed by atoms with Crippen LogP contribution >= 0.6 is 0 Å². The Bertz CT molecular complexity index is 828. The number of rotatable bonds is 6. The summed E-state index contributed by atoms with van der Waals surface area (Å²) in [5.41, 5.74) is 3.17. The molecule has 0 saturated heterocycles. The fourth-order valence-corrected chi connectivity index (χ4v) is 2.56. The van der Waals surface area contributed by atoms with E-state index in [9.17, 15) is 9.90 Å². The zero-order valence-corrected chi connectivity index (χ0v) is 14.0. The Balaban J connectivity index is 1.75. The van der Waals surface area contributed by atoms with Crippen molar-refractivity contribution >= 4 is 5.91 Å². The maximum Gasteiger partial charge on any atom is 0.273 e. The molecule has 0 aliphatic carbocycles. The zero-order valence-electron chi connectivity index (χ0n) is 14.0. The van der Waals surface area contributed by atoms with Gasteiger partial charge in [0.15, 0.2) is 5.69 Å². The second kappa shape index (κ2) is 7.72. The van der Waals surface area contributed by atoms with Crippen molar-refractivity contribution in [3.63, 3.8) is 0 Å². The third-order valence-electron chi connectivity index (χ3n) is 3.95. The molecule has 1 heterocycles. The molecule has 0 aliphatic heterocycles. The van der Waals surface area contributed by atoms with Gasteiger partial charge < -0.3 is 10.4 Å². The number of hydrogen-bond donors (Lipinski definition) is 2. The van der Waals surface area contributed by atoms with E-state index in [4.69, 9.17) is 0 Å². The van der Waals surface area contributed by atoms with Crippen LogP contribution < -0.4 is 5.32 Å². The van der Waals surface area contributed by atoms with Crippen molar-refractivity contribution in [2.45, 2.75) is 19.4 Å². The first kappa shape index (κ1) is 16.9. The summed E-state index contributed by atoms with van der Waals surface area (Å²) < 4.78 is 1.57. The molecule has 1 atom stereocenters. The number of aryl methyl sites for hydroxylation is 1. The Kier molecular flexibility index (Phi) is 5.20. The average Bonchev–Trinajstić information content (AvgIpc) is 3.13. The van der Waals surface area contributed by atoms with Crippen LogP contribution in [0.4, 0.5) is 0 Å². The molecule has 128 valence electrons. The number of nitrogens with one attached hydrogen (secondary N) is 1. The molecule has 0 saturated carbocycles. The molecule has 0 fully saturated rings. The molecular weight excluding hydrogens is 316 g/mol. The van der Waals surface area contributed by atoms with Crippen LogP contribution in [0.2, 0.25) is 0 Å². The van der Waals surface area contributed by atoms with Crippen LogP contribution in [0, 0.1) is 6.92 Å². The number of amides is 1. The lowest BCUT2D eigenvalue weighted by molar-refractivity contribution is 0.0925. The molecule has 6 nitrogen and oxygen atoms in total. The van der Waals surface area contributed by atoms with Crippen molar-refractivity contribution in [1.29, 1.82) is 0 Å². The van der Waals surface area contributed by atoms with E-state index < -0.39 is 0 Å². The summed E-state index contributed by atoms with van der Waals surface area (Å²) in [5.74, 6) is -0.319. The van der Waals surface area contributed by atoms with E-state index >= 15 is 0 Å². The summed E-state index contributed by atoms with van der Waals surface area (Å²) in [5, 5.41) is 20.2. The lowest BCUT2D eigenvalue weighted by Gasteiger charge is -2.17. The van der Waals surface area contributed by atoms with Crippen molar-refractivity contribution < 1.29 is 9.90 Å². The first-order valence-electron chi connectivity index (χ1n) is 8.13. The van der Waals surface area contributed by atoms with Crippen molar-refractivity contribution in [3.8, 4) is 5.69 Å². The largest absolute Gasteiger partial charge is 0.396 e. The highest BCUT2D eigenvalue weighted by molar-refractivity contribution is 5.92. The SMILES string of the molecule is Cc1ccc(-n2cc(C(=O)NC(CCO)c3ccccc3)nn2)cc1. The number of hydrogen-bond acceptors (Lipinski definition) is 4. The van der Waals surface area contributed by atoms with Gasteiger partial charge in [0.1, 0.15) is 0 Å². The van der Waals surface area contributed by atoms with Gasteiger partial charge in [0.25, 0.3) is 5.91 Å². The molecular formula is C19H20N4O2. The zero-order chi connectivity index (χ0) is 17.6. The normalized spacial score (nSPS) is 11.9. The molecule has 3 rings (SSSR count). The fourth-order valence-electron chi connectivity index (χ4n) is 2.56. The fraction of sp³-hybridized carbons (Fsp3) is 0.211. The van der Waals surface area contributed by atoms with Crippen molar-refractivity contribution in [2.24, 2.45) is 0 Å². The van der Waals surface area contributed by atoms with Gasteiger partial charge in [-0.1, -0.05) is 53.2 Å². The predicted octanol–water partition coefficient (Wildman–Crippen LogP) is 2.43. The van der Waals surface area contributed by atoms with Gasteiger partial charge in [-0.05, 0) is 31.0 Å². The first-order chi connectivity index (χ1) is 12.2. The number of benzene rings is 2. The predicted molar refractivity (Wildman–Crippen MR) is 94.4 cm³/mol. The minimum absolute atomic E-state index is 0.0180. The quantitative estimate of drug-likeness (QED) is 0.724. The molecule has 0 radical (unpaired) electrons. The minimum atomic E-state index is -0.319. The number of aliphatic hydroxyl groups excluding tert-OH is 1. The molecule has 0 aliphatic rings. The topological polar surface area (TPSA) is 80.0 Å². The van der Waals surface area contributed by atoms with Crippen LogP contribution in [0.1, 0.15) is 34.1 Å². The second-order valence-corrected chi connectivity index (χ2v) is 5.83. The van der Waals surface area contributed by atoms with E-state index in [0.717, 1.165) is 16.8 Å². The molecule has 0 spiro atoms. The molecule has 1 amide bonds. The van der Waals surface area contributed by atoms with Gasteiger partial charge in [0, 0.05) is 6.61 Å². The highest BCUT2D eigenvalue weighted by Crippen LogP contribution is 2.17. The van der Waals surface area contributed by atoms with E-state index in [2.05, 4.69) is 15.6 Å². The number of carbonyl (C=O) groups excluding carboxylic acids is 1. The number of nitrogens with zero attached hydrogens (tertiary/aromatic N) is 3. The standard InChI is InChI=1S/C19H20N4O2/c1-14-7-9-16(10-8-14)23-13-18(21-22-23)19(25)20-17(11-12-24)15-5-3-2-4-6-15/h2-10,13,17,24H,11-12H2,1H3,(H,20,25). The monoisotopic (exact) mass is 336 g/mol. The van der Waals surface area contributed by atoms with Gasteiger partial charge in [-0.2, -0.15) is 0 Å². The van der Waals surface area contributed by atoms with Crippen molar-refractivity contribution in [3.05, 3.63) is 77.6 Å². The van der Waals surface area contributed by atoms with Crippen molar-refractivity contribution in [1.82, 2.24) is 20.3 Å². The lowest BCUT2D eigenvalue weighted by Crippen LogP contribution is -2.29. The van der Waals surface area contributed by atoms with Gasteiger partial charge in [0.05, 0.1) is 17.9 Å². The number of carbonyl (C=O) groups is 1.